The van der Waals surface area contributed by atoms with Gasteiger partial charge >= 0.3 is 5.97 Å². The Balaban J connectivity index is 2.19. The van der Waals surface area contributed by atoms with Gasteiger partial charge in [-0.1, -0.05) is 12.1 Å². The van der Waals surface area contributed by atoms with Crippen LogP contribution in [0.2, 0.25) is 0 Å². The number of nitrogens with one attached hydrogen (secondary N) is 1. The molecule has 0 spiro atoms. The standard InChI is InChI=1S/C14H19NO7/c1-2-15-7-5-3-4-6-8(7)21-14-11(18)9(16)10(17)12(22-14)13(19)20/h3-6,9-12,14-18H,2H2,1H3,(H,19,20). The normalized spacial score (nSPS) is 31.5. The van der Waals surface area contributed by atoms with Gasteiger partial charge in [0, 0.05) is 6.54 Å². The van der Waals surface area contributed by atoms with E-state index < -0.39 is 36.7 Å². The van der Waals surface area contributed by atoms with Crippen molar-refractivity contribution in [1.29, 1.82) is 0 Å². The molecule has 0 bridgehead atoms. The predicted molar refractivity (Wildman–Crippen MR) is 75.6 cm³/mol. The zero-order valence-corrected chi connectivity index (χ0v) is 11.9. The summed E-state index contributed by atoms with van der Waals surface area (Å²) in [6.07, 6.45) is -8.11. The van der Waals surface area contributed by atoms with Crippen molar-refractivity contribution in [3.05, 3.63) is 24.3 Å². The summed E-state index contributed by atoms with van der Waals surface area (Å²) in [7, 11) is 0. The molecule has 22 heavy (non-hydrogen) atoms. The van der Waals surface area contributed by atoms with Gasteiger partial charge in [0.1, 0.15) is 24.1 Å². The van der Waals surface area contributed by atoms with E-state index in [4.69, 9.17) is 14.6 Å². The summed E-state index contributed by atoms with van der Waals surface area (Å²) < 4.78 is 10.6. The van der Waals surface area contributed by atoms with Crippen LogP contribution < -0.4 is 10.1 Å². The average molecular weight is 313 g/mol. The highest BCUT2D eigenvalue weighted by molar-refractivity contribution is 5.73. The molecule has 8 heteroatoms. The van der Waals surface area contributed by atoms with Crippen LogP contribution in [0, 0.1) is 0 Å². The van der Waals surface area contributed by atoms with Gasteiger partial charge in [-0.15, -0.1) is 0 Å². The van der Waals surface area contributed by atoms with E-state index in [1.807, 2.05) is 6.92 Å². The lowest BCUT2D eigenvalue weighted by molar-refractivity contribution is -0.271. The number of hydrogen-bond donors (Lipinski definition) is 5. The van der Waals surface area contributed by atoms with Crippen molar-refractivity contribution in [3.8, 4) is 5.75 Å². The third-order valence-corrected chi connectivity index (χ3v) is 3.31. The minimum atomic E-state index is -1.74. The Labute approximate surface area is 126 Å². The minimum absolute atomic E-state index is 0.334. The van der Waals surface area contributed by atoms with Crippen LogP contribution in [-0.2, 0) is 9.53 Å². The van der Waals surface area contributed by atoms with Crippen LogP contribution in [0.4, 0.5) is 5.69 Å². The summed E-state index contributed by atoms with van der Waals surface area (Å²) in [4.78, 5) is 11.0. The smallest absolute Gasteiger partial charge is 0.335 e. The first kappa shape index (κ1) is 16.5. The van der Waals surface area contributed by atoms with E-state index in [-0.39, 0.29) is 0 Å². The molecule has 122 valence electrons. The van der Waals surface area contributed by atoms with Crippen LogP contribution in [0.3, 0.4) is 0 Å². The summed E-state index contributed by atoms with van der Waals surface area (Å²) in [5.41, 5.74) is 0.633. The Morgan fingerprint density at radius 3 is 2.55 bits per heavy atom. The number of para-hydroxylation sites is 2. The fourth-order valence-electron chi connectivity index (χ4n) is 2.18. The monoisotopic (exact) mass is 313 g/mol. The number of aliphatic hydroxyl groups excluding tert-OH is 3. The van der Waals surface area contributed by atoms with Gasteiger partial charge < -0.3 is 35.2 Å². The molecule has 1 aromatic carbocycles. The Hall–Kier alpha value is -1.87. The number of benzene rings is 1. The zero-order valence-electron chi connectivity index (χ0n) is 11.9. The summed E-state index contributed by atoms with van der Waals surface area (Å²) in [5, 5.41) is 41.3. The molecule has 5 unspecified atom stereocenters. The number of rotatable bonds is 5. The number of carboxylic acids is 1. The van der Waals surface area contributed by atoms with E-state index >= 15 is 0 Å². The second kappa shape index (κ2) is 6.93. The molecule has 8 nitrogen and oxygen atoms in total. The van der Waals surface area contributed by atoms with E-state index in [9.17, 15) is 20.1 Å². The molecule has 1 fully saturated rings. The fourth-order valence-corrected chi connectivity index (χ4v) is 2.18. The second-order valence-corrected chi connectivity index (χ2v) is 4.88. The van der Waals surface area contributed by atoms with Gasteiger partial charge in [0.15, 0.2) is 6.10 Å². The maximum absolute atomic E-state index is 11.0. The number of carbonyl (C=O) groups is 1. The van der Waals surface area contributed by atoms with Crippen LogP contribution in [0.15, 0.2) is 24.3 Å². The van der Waals surface area contributed by atoms with Gasteiger partial charge in [0.05, 0.1) is 5.69 Å². The van der Waals surface area contributed by atoms with Crippen molar-refractivity contribution in [2.45, 2.75) is 37.6 Å². The fraction of sp³-hybridized carbons (Fsp3) is 0.500. The molecular weight excluding hydrogens is 294 g/mol. The molecular formula is C14H19NO7. The molecule has 5 atom stereocenters. The average Bonchev–Trinajstić information content (AvgIpc) is 2.49. The summed E-state index contributed by atoms with van der Waals surface area (Å²) in [6, 6.07) is 6.84. The molecule has 0 aromatic heterocycles. The van der Waals surface area contributed by atoms with Crippen molar-refractivity contribution in [1.82, 2.24) is 0 Å². The number of ether oxygens (including phenoxy) is 2. The third-order valence-electron chi connectivity index (χ3n) is 3.31. The topological polar surface area (TPSA) is 128 Å². The van der Waals surface area contributed by atoms with Crippen LogP contribution in [-0.4, -0.2) is 63.6 Å². The largest absolute Gasteiger partial charge is 0.479 e. The molecule has 1 aliphatic heterocycles. The molecule has 2 rings (SSSR count). The molecule has 0 amide bonds. The van der Waals surface area contributed by atoms with E-state index in [2.05, 4.69) is 5.32 Å². The Kier molecular flexibility index (Phi) is 5.19. The Morgan fingerprint density at radius 2 is 1.91 bits per heavy atom. The lowest BCUT2D eigenvalue weighted by Crippen LogP contribution is -2.61. The van der Waals surface area contributed by atoms with Gasteiger partial charge in [0.25, 0.3) is 0 Å². The van der Waals surface area contributed by atoms with Crippen molar-refractivity contribution in [2.24, 2.45) is 0 Å². The number of aliphatic hydroxyl groups is 3. The first-order chi connectivity index (χ1) is 10.5. The van der Waals surface area contributed by atoms with Crippen LogP contribution in [0.25, 0.3) is 0 Å². The number of aliphatic carboxylic acids is 1. The van der Waals surface area contributed by atoms with Crippen LogP contribution >= 0.6 is 0 Å². The van der Waals surface area contributed by atoms with Crippen molar-refractivity contribution < 1.29 is 34.7 Å². The summed E-state index contributed by atoms with van der Waals surface area (Å²) >= 11 is 0. The van der Waals surface area contributed by atoms with E-state index in [0.29, 0.717) is 18.0 Å². The molecule has 1 aliphatic rings. The number of hydrogen-bond acceptors (Lipinski definition) is 7. The molecule has 1 aromatic rings. The maximum Gasteiger partial charge on any atom is 0.335 e. The zero-order chi connectivity index (χ0) is 16.3. The third kappa shape index (κ3) is 3.30. The Morgan fingerprint density at radius 1 is 1.23 bits per heavy atom. The van der Waals surface area contributed by atoms with Gasteiger partial charge in [0.2, 0.25) is 6.29 Å². The van der Waals surface area contributed by atoms with Crippen molar-refractivity contribution >= 4 is 11.7 Å². The Bertz CT molecular complexity index is 524. The molecule has 0 saturated carbocycles. The van der Waals surface area contributed by atoms with Gasteiger partial charge in [-0.3, -0.25) is 0 Å². The van der Waals surface area contributed by atoms with Gasteiger partial charge in [-0.05, 0) is 19.1 Å². The van der Waals surface area contributed by atoms with E-state index in [1.54, 1.807) is 24.3 Å². The number of anilines is 1. The minimum Gasteiger partial charge on any atom is -0.479 e. The van der Waals surface area contributed by atoms with Crippen molar-refractivity contribution in [3.63, 3.8) is 0 Å². The summed E-state index contributed by atoms with van der Waals surface area (Å²) in [6.45, 7) is 2.52. The lowest BCUT2D eigenvalue weighted by Gasteiger charge is -2.38. The van der Waals surface area contributed by atoms with E-state index in [1.165, 1.54) is 0 Å². The highest BCUT2D eigenvalue weighted by Crippen LogP contribution is 2.29. The van der Waals surface area contributed by atoms with Gasteiger partial charge in [-0.2, -0.15) is 0 Å². The molecule has 0 radical (unpaired) electrons. The summed E-state index contributed by atoms with van der Waals surface area (Å²) in [5.74, 6) is -1.12. The van der Waals surface area contributed by atoms with Crippen LogP contribution in [0.1, 0.15) is 6.92 Å². The van der Waals surface area contributed by atoms with Gasteiger partial charge in [-0.25, -0.2) is 4.79 Å². The second-order valence-electron chi connectivity index (χ2n) is 4.88. The molecule has 1 saturated heterocycles. The molecule has 5 N–H and O–H groups in total. The first-order valence-corrected chi connectivity index (χ1v) is 6.87. The lowest BCUT2D eigenvalue weighted by atomic mass is 9.99. The van der Waals surface area contributed by atoms with Crippen LogP contribution in [0.5, 0.6) is 5.75 Å². The predicted octanol–water partition coefficient (Wildman–Crippen LogP) is -0.611. The van der Waals surface area contributed by atoms with Crippen molar-refractivity contribution in [2.75, 3.05) is 11.9 Å². The van der Waals surface area contributed by atoms with E-state index in [0.717, 1.165) is 0 Å². The highest BCUT2D eigenvalue weighted by Gasteiger charge is 2.48. The SMILES string of the molecule is CCNc1ccccc1OC1OC(C(=O)O)C(O)C(O)C1O. The highest BCUT2D eigenvalue weighted by atomic mass is 16.7. The molecule has 1 heterocycles. The first-order valence-electron chi connectivity index (χ1n) is 6.87. The quantitative estimate of drug-likeness (QED) is 0.487. The molecule has 0 aliphatic carbocycles. The number of carboxylic acid groups (broad SMARTS) is 1. The maximum atomic E-state index is 11.0.